The van der Waals surface area contributed by atoms with Gasteiger partial charge in [-0.3, -0.25) is 0 Å². The SMILES string of the molecule is O[C@@H](CNCCc1ccc(Cl)cc1)COc1ccc2ccccc2c1. The number of hydrogen-bond donors (Lipinski definition) is 2. The van der Waals surface area contributed by atoms with Crippen LogP contribution in [0.25, 0.3) is 10.8 Å². The Labute approximate surface area is 153 Å². The van der Waals surface area contributed by atoms with Crippen LogP contribution in [-0.2, 0) is 6.42 Å². The average molecular weight is 356 g/mol. The minimum atomic E-state index is -0.545. The number of rotatable bonds is 8. The van der Waals surface area contributed by atoms with Gasteiger partial charge >= 0.3 is 0 Å². The number of nitrogens with one attached hydrogen (secondary N) is 1. The van der Waals surface area contributed by atoms with Gasteiger partial charge in [0.25, 0.3) is 0 Å². The molecule has 0 bridgehead atoms. The van der Waals surface area contributed by atoms with E-state index in [1.807, 2.05) is 54.6 Å². The first-order chi connectivity index (χ1) is 12.2. The van der Waals surface area contributed by atoms with Crippen LogP contribution in [0.15, 0.2) is 66.7 Å². The highest BCUT2D eigenvalue weighted by molar-refractivity contribution is 6.30. The van der Waals surface area contributed by atoms with Crippen LogP contribution >= 0.6 is 11.6 Å². The third kappa shape index (κ3) is 5.46. The molecule has 0 aliphatic carbocycles. The molecule has 0 unspecified atom stereocenters. The van der Waals surface area contributed by atoms with Crippen LogP contribution in [0.3, 0.4) is 0 Å². The zero-order chi connectivity index (χ0) is 17.5. The molecular weight excluding hydrogens is 334 g/mol. The molecule has 0 heterocycles. The summed E-state index contributed by atoms with van der Waals surface area (Å²) in [5, 5.41) is 16.4. The molecule has 0 aromatic heterocycles. The highest BCUT2D eigenvalue weighted by Crippen LogP contribution is 2.20. The van der Waals surface area contributed by atoms with Crippen LogP contribution in [0.4, 0.5) is 0 Å². The molecule has 130 valence electrons. The summed E-state index contributed by atoms with van der Waals surface area (Å²) in [5.74, 6) is 0.777. The number of ether oxygens (including phenoxy) is 1. The lowest BCUT2D eigenvalue weighted by Crippen LogP contribution is -2.32. The van der Waals surface area contributed by atoms with Gasteiger partial charge < -0.3 is 15.2 Å². The Morgan fingerprint density at radius 1 is 0.960 bits per heavy atom. The fourth-order valence-electron chi connectivity index (χ4n) is 2.66. The minimum Gasteiger partial charge on any atom is -0.491 e. The Kier molecular flexibility index (Phi) is 6.29. The van der Waals surface area contributed by atoms with E-state index in [1.54, 1.807) is 0 Å². The van der Waals surface area contributed by atoms with Gasteiger partial charge in [-0.05, 0) is 53.6 Å². The lowest BCUT2D eigenvalue weighted by molar-refractivity contribution is 0.107. The third-order valence-corrected chi connectivity index (χ3v) is 4.30. The van der Waals surface area contributed by atoms with E-state index in [9.17, 15) is 5.11 Å². The molecule has 0 amide bonds. The standard InChI is InChI=1S/C21H22ClNO2/c22-19-8-5-16(6-9-19)11-12-23-14-20(24)15-25-21-10-7-17-3-1-2-4-18(17)13-21/h1-10,13,20,23-24H,11-12,14-15H2/t20-/m0/s1. The molecule has 3 nitrogen and oxygen atoms in total. The molecule has 0 radical (unpaired) electrons. The van der Waals surface area contributed by atoms with Crippen molar-refractivity contribution < 1.29 is 9.84 Å². The van der Waals surface area contributed by atoms with Gasteiger partial charge in [0.1, 0.15) is 18.5 Å². The molecular formula is C21H22ClNO2. The van der Waals surface area contributed by atoms with Gasteiger partial charge in [0, 0.05) is 11.6 Å². The lowest BCUT2D eigenvalue weighted by atomic mass is 10.1. The molecule has 0 aliphatic heterocycles. The molecule has 0 saturated carbocycles. The summed E-state index contributed by atoms with van der Waals surface area (Å²) in [7, 11) is 0. The van der Waals surface area contributed by atoms with Crippen molar-refractivity contribution >= 4 is 22.4 Å². The van der Waals surface area contributed by atoms with Crippen molar-refractivity contribution in [3.05, 3.63) is 77.3 Å². The van der Waals surface area contributed by atoms with E-state index in [0.717, 1.165) is 29.1 Å². The van der Waals surface area contributed by atoms with E-state index in [1.165, 1.54) is 10.9 Å². The van der Waals surface area contributed by atoms with Crippen molar-refractivity contribution in [2.75, 3.05) is 19.7 Å². The smallest absolute Gasteiger partial charge is 0.120 e. The predicted molar refractivity (Wildman–Crippen MR) is 103 cm³/mol. The number of benzene rings is 3. The fourth-order valence-corrected chi connectivity index (χ4v) is 2.79. The lowest BCUT2D eigenvalue weighted by Gasteiger charge is -2.14. The summed E-state index contributed by atoms with van der Waals surface area (Å²) in [4.78, 5) is 0. The minimum absolute atomic E-state index is 0.270. The predicted octanol–water partition coefficient (Wildman–Crippen LogP) is 4.07. The summed E-state index contributed by atoms with van der Waals surface area (Å²) in [6.45, 7) is 1.57. The molecule has 25 heavy (non-hydrogen) atoms. The van der Waals surface area contributed by atoms with Gasteiger partial charge in [0.2, 0.25) is 0 Å². The van der Waals surface area contributed by atoms with Gasteiger partial charge in [-0.25, -0.2) is 0 Å². The van der Waals surface area contributed by atoms with Crippen LogP contribution in [0.2, 0.25) is 5.02 Å². The topological polar surface area (TPSA) is 41.5 Å². The average Bonchev–Trinajstić information content (AvgIpc) is 2.65. The van der Waals surface area contributed by atoms with E-state index in [0.29, 0.717) is 6.54 Å². The summed E-state index contributed by atoms with van der Waals surface area (Å²) in [5.41, 5.74) is 1.22. The van der Waals surface area contributed by atoms with Crippen LogP contribution < -0.4 is 10.1 Å². The number of aliphatic hydroxyl groups is 1. The van der Waals surface area contributed by atoms with Gasteiger partial charge in [0.15, 0.2) is 0 Å². The summed E-state index contributed by atoms with van der Waals surface area (Å²) < 4.78 is 5.70. The quantitative estimate of drug-likeness (QED) is 0.598. The van der Waals surface area contributed by atoms with Crippen LogP contribution in [0.1, 0.15) is 5.56 Å². The maximum absolute atomic E-state index is 10.1. The van der Waals surface area contributed by atoms with Crippen molar-refractivity contribution in [2.24, 2.45) is 0 Å². The molecule has 3 rings (SSSR count). The molecule has 4 heteroatoms. The molecule has 2 N–H and O–H groups in total. The number of halogens is 1. The highest BCUT2D eigenvalue weighted by atomic mass is 35.5. The Morgan fingerprint density at radius 3 is 2.52 bits per heavy atom. The third-order valence-electron chi connectivity index (χ3n) is 4.05. The zero-order valence-electron chi connectivity index (χ0n) is 14.0. The Bertz CT molecular complexity index is 804. The first-order valence-corrected chi connectivity index (χ1v) is 8.83. The van der Waals surface area contributed by atoms with Crippen molar-refractivity contribution in [2.45, 2.75) is 12.5 Å². The Morgan fingerprint density at radius 2 is 1.72 bits per heavy atom. The summed E-state index contributed by atoms with van der Waals surface area (Å²) in [6, 6.07) is 21.9. The first kappa shape index (κ1) is 17.7. The second-order valence-electron chi connectivity index (χ2n) is 6.05. The van der Waals surface area contributed by atoms with Gasteiger partial charge in [0.05, 0.1) is 0 Å². The highest BCUT2D eigenvalue weighted by Gasteiger charge is 2.05. The number of aliphatic hydroxyl groups excluding tert-OH is 1. The fraction of sp³-hybridized carbons (Fsp3) is 0.238. The normalized spacial score (nSPS) is 12.2. The summed E-state index contributed by atoms with van der Waals surface area (Å²) in [6.07, 6.45) is 0.354. The maximum Gasteiger partial charge on any atom is 0.120 e. The molecule has 1 atom stereocenters. The molecule has 0 spiro atoms. The van der Waals surface area contributed by atoms with E-state index in [-0.39, 0.29) is 6.61 Å². The molecule has 0 fully saturated rings. The van der Waals surface area contributed by atoms with Crippen molar-refractivity contribution in [3.63, 3.8) is 0 Å². The first-order valence-electron chi connectivity index (χ1n) is 8.45. The Balaban J connectivity index is 1.38. The second kappa shape index (κ2) is 8.86. The van der Waals surface area contributed by atoms with Gasteiger partial charge in [-0.2, -0.15) is 0 Å². The maximum atomic E-state index is 10.1. The van der Waals surface area contributed by atoms with Gasteiger partial charge in [-0.1, -0.05) is 54.1 Å². The van der Waals surface area contributed by atoms with E-state index in [4.69, 9.17) is 16.3 Å². The molecule has 3 aromatic rings. The van der Waals surface area contributed by atoms with Crippen LogP contribution in [-0.4, -0.2) is 30.9 Å². The summed E-state index contributed by atoms with van der Waals surface area (Å²) >= 11 is 5.87. The monoisotopic (exact) mass is 355 g/mol. The van der Waals surface area contributed by atoms with Crippen LogP contribution in [0, 0.1) is 0 Å². The van der Waals surface area contributed by atoms with E-state index in [2.05, 4.69) is 17.4 Å². The van der Waals surface area contributed by atoms with Crippen molar-refractivity contribution in [1.29, 1.82) is 0 Å². The Hall–Kier alpha value is -2.07. The molecule has 0 saturated heterocycles. The largest absolute Gasteiger partial charge is 0.491 e. The van der Waals surface area contributed by atoms with Gasteiger partial charge in [-0.15, -0.1) is 0 Å². The molecule has 0 aliphatic rings. The van der Waals surface area contributed by atoms with Crippen molar-refractivity contribution in [3.8, 4) is 5.75 Å². The van der Waals surface area contributed by atoms with E-state index >= 15 is 0 Å². The van der Waals surface area contributed by atoms with Crippen LogP contribution in [0.5, 0.6) is 5.75 Å². The number of hydrogen-bond acceptors (Lipinski definition) is 3. The second-order valence-corrected chi connectivity index (χ2v) is 6.49. The van der Waals surface area contributed by atoms with Crippen molar-refractivity contribution in [1.82, 2.24) is 5.32 Å². The molecule has 3 aromatic carbocycles. The van der Waals surface area contributed by atoms with E-state index < -0.39 is 6.10 Å². The number of fused-ring (bicyclic) bond motifs is 1. The zero-order valence-corrected chi connectivity index (χ0v) is 14.7.